The zero-order valence-electron chi connectivity index (χ0n) is 34.4. The van der Waals surface area contributed by atoms with Crippen LogP contribution < -0.4 is 0 Å². The van der Waals surface area contributed by atoms with E-state index < -0.39 is 6.10 Å². The van der Waals surface area contributed by atoms with Crippen molar-refractivity contribution in [1.29, 1.82) is 0 Å². The highest BCUT2D eigenvalue weighted by atomic mass is 16.6. The molecule has 0 N–H and O–H groups in total. The van der Waals surface area contributed by atoms with E-state index in [2.05, 4.69) is 38.2 Å². The summed E-state index contributed by atoms with van der Waals surface area (Å²) in [6.07, 6.45) is 38.3. The molecule has 8 heteroatoms. The largest absolute Gasteiger partial charge is 0.462 e. The van der Waals surface area contributed by atoms with E-state index in [9.17, 15) is 9.59 Å². The van der Waals surface area contributed by atoms with E-state index in [-0.39, 0.29) is 18.5 Å². The molecule has 0 saturated carbocycles. The fourth-order valence-corrected chi connectivity index (χ4v) is 6.41. The van der Waals surface area contributed by atoms with Crippen LogP contribution in [0.5, 0.6) is 0 Å². The van der Waals surface area contributed by atoms with Crippen molar-refractivity contribution in [3.63, 3.8) is 0 Å². The van der Waals surface area contributed by atoms with Crippen LogP contribution in [0.2, 0.25) is 0 Å². The normalized spacial score (nSPS) is 18.4. The smallest absolute Gasteiger partial charge is 0.306 e. The molecule has 0 aromatic rings. The molecule has 308 valence electrons. The maximum absolute atomic E-state index is 12.2. The fraction of sp³-hybridized carbons (Fsp3) is 0.867. The molecule has 0 spiro atoms. The second-order valence-electron chi connectivity index (χ2n) is 15.5. The van der Waals surface area contributed by atoms with Crippen molar-refractivity contribution in [1.82, 2.24) is 0 Å². The van der Waals surface area contributed by atoms with Gasteiger partial charge < -0.3 is 28.4 Å². The molecule has 2 heterocycles. The molecule has 5 unspecified atom stereocenters. The predicted octanol–water partition coefficient (Wildman–Crippen LogP) is 11.3. The fourth-order valence-electron chi connectivity index (χ4n) is 6.41. The first-order valence-corrected chi connectivity index (χ1v) is 22.1. The highest BCUT2D eigenvalue weighted by molar-refractivity contribution is 5.70. The van der Waals surface area contributed by atoms with Crippen molar-refractivity contribution in [2.45, 2.75) is 218 Å². The van der Waals surface area contributed by atoms with Gasteiger partial charge in [0.15, 0.2) is 0 Å². The van der Waals surface area contributed by atoms with Crippen molar-refractivity contribution >= 4 is 11.9 Å². The lowest BCUT2D eigenvalue weighted by atomic mass is 10.1. The number of carbonyl (C=O) groups excluding carboxylic acids is 2. The molecule has 2 rings (SSSR count). The molecular formula is C45H80O8. The van der Waals surface area contributed by atoms with Crippen molar-refractivity contribution in [3.8, 4) is 0 Å². The molecule has 2 fully saturated rings. The minimum atomic E-state index is -0.412. The van der Waals surface area contributed by atoms with Crippen molar-refractivity contribution in [3.05, 3.63) is 24.3 Å². The quantitative estimate of drug-likeness (QED) is 0.0265. The van der Waals surface area contributed by atoms with Gasteiger partial charge in [-0.3, -0.25) is 9.59 Å². The molecule has 2 saturated heterocycles. The van der Waals surface area contributed by atoms with E-state index in [1.165, 1.54) is 77.0 Å². The van der Waals surface area contributed by atoms with E-state index >= 15 is 0 Å². The van der Waals surface area contributed by atoms with Crippen molar-refractivity contribution in [2.24, 2.45) is 0 Å². The lowest BCUT2D eigenvalue weighted by molar-refractivity contribution is -0.158. The average molecular weight is 749 g/mol. The summed E-state index contributed by atoms with van der Waals surface area (Å²) < 4.78 is 33.6. The number of carbonyl (C=O) groups is 2. The maximum Gasteiger partial charge on any atom is 0.306 e. The van der Waals surface area contributed by atoms with Gasteiger partial charge in [-0.2, -0.15) is 0 Å². The van der Waals surface area contributed by atoms with Gasteiger partial charge in [0.25, 0.3) is 0 Å². The first kappa shape index (κ1) is 47.4. The van der Waals surface area contributed by atoms with E-state index in [0.29, 0.717) is 37.3 Å². The third-order valence-corrected chi connectivity index (χ3v) is 10.0. The van der Waals surface area contributed by atoms with Gasteiger partial charge in [0, 0.05) is 12.8 Å². The van der Waals surface area contributed by atoms with Crippen molar-refractivity contribution < 1.29 is 38.0 Å². The highest BCUT2D eigenvalue weighted by Crippen LogP contribution is 2.18. The highest BCUT2D eigenvalue weighted by Gasteiger charge is 2.24. The minimum absolute atomic E-state index is 0.129. The number of hydrogen-bond donors (Lipinski definition) is 0. The van der Waals surface area contributed by atoms with Gasteiger partial charge in [0.1, 0.15) is 24.9 Å². The molecule has 0 amide bonds. The van der Waals surface area contributed by atoms with Crippen LogP contribution in [0, 0.1) is 0 Å². The van der Waals surface area contributed by atoms with E-state index in [1.54, 1.807) is 6.92 Å². The Kier molecular flexibility index (Phi) is 30.0. The summed E-state index contributed by atoms with van der Waals surface area (Å²) >= 11 is 0. The van der Waals surface area contributed by atoms with Crippen molar-refractivity contribution in [2.75, 3.05) is 33.0 Å². The zero-order chi connectivity index (χ0) is 38.0. The van der Waals surface area contributed by atoms with Crippen LogP contribution >= 0.6 is 0 Å². The third kappa shape index (κ3) is 31.2. The standard InChI is InChI=1S/C45H80O8/c1-4-6-8-22-28-40(48-35-42-37-50-42)30-24-18-14-10-12-16-20-26-32-44(46)52-34-39(3)53-45(47)33-27-21-17-13-11-15-19-25-31-41(29-23-9-7-5-2)49-36-43-38-51-43/h18-19,24-25,39-43H,4-17,20-23,26-38H2,1-3H3/b24-18+,25-19+. The van der Waals surface area contributed by atoms with E-state index in [4.69, 9.17) is 28.4 Å². The first-order chi connectivity index (χ1) is 26.0. The number of hydrogen-bond acceptors (Lipinski definition) is 8. The molecule has 53 heavy (non-hydrogen) atoms. The average Bonchev–Trinajstić information content (AvgIpc) is 4.09. The Bertz CT molecular complexity index is 927. The van der Waals surface area contributed by atoms with Crippen LogP contribution in [-0.4, -0.2) is 75.5 Å². The topological polar surface area (TPSA) is 96.1 Å². The number of epoxide rings is 2. The third-order valence-electron chi connectivity index (χ3n) is 10.0. The molecule has 2 aliphatic heterocycles. The lowest BCUT2D eigenvalue weighted by Gasteiger charge is -2.15. The first-order valence-electron chi connectivity index (χ1n) is 22.1. The Morgan fingerprint density at radius 1 is 0.585 bits per heavy atom. The monoisotopic (exact) mass is 749 g/mol. The Labute approximate surface area is 324 Å². The predicted molar refractivity (Wildman–Crippen MR) is 215 cm³/mol. The zero-order valence-corrected chi connectivity index (χ0v) is 34.4. The van der Waals surface area contributed by atoms with Gasteiger partial charge in [-0.25, -0.2) is 0 Å². The Morgan fingerprint density at radius 2 is 1.02 bits per heavy atom. The molecule has 0 bridgehead atoms. The van der Waals surface area contributed by atoms with Crippen LogP contribution in [0.3, 0.4) is 0 Å². The van der Waals surface area contributed by atoms with Gasteiger partial charge >= 0.3 is 11.9 Å². The maximum atomic E-state index is 12.2. The van der Waals surface area contributed by atoms with Crippen LogP contribution in [0.25, 0.3) is 0 Å². The summed E-state index contributed by atoms with van der Waals surface area (Å²) in [6, 6.07) is 0. The molecule has 5 atom stereocenters. The number of ether oxygens (including phenoxy) is 6. The van der Waals surface area contributed by atoms with Gasteiger partial charge in [0.05, 0.1) is 38.6 Å². The van der Waals surface area contributed by atoms with Crippen LogP contribution in [0.4, 0.5) is 0 Å². The minimum Gasteiger partial charge on any atom is -0.462 e. The summed E-state index contributed by atoms with van der Waals surface area (Å²) in [5.74, 6) is -0.407. The van der Waals surface area contributed by atoms with Gasteiger partial charge in [0.2, 0.25) is 0 Å². The summed E-state index contributed by atoms with van der Waals surface area (Å²) in [7, 11) is 0. The summed E-state index contributed by atoms with van der Waals surface area (Å²) in [5.41, 5.74) is 0. The molecular weight excluding hydrogens is 668 g/mol. The molecule has 0 aromatic carbocycles. The summed E-state index contributed by atoms with van der Waals surface area (Å²) in [6.45, 7) is 9.60. The molecule has 0 aromatic heterocycles. The van der Waals surface area contributed by atoms with E-state index in [1.807, 2.05) is 0 Å². The number of rotatable bonds is 39. The molecule has 2 aliphatic rings. The Balaban J connectivity index is 1.36. The summed E-state index contributed by atoms with van der Waals surface area (Å²) in [4.78, 5) is 24.4. The van der Waals surface area contributed by atoms with Crippen LogP contribution in [0.15, 0.2) is 24.3 Å². The molecule has 0 radical (unpaired) electrons. The number of esters is 2. The SMILES string of the molecule is CCCCCCC(C/C=C/CCCCCCCC(=O)OCC(C)OC(=O)CCCCCCC/C=C/CC(CCCCCC)OCC1CO1)OCC1CO1. The van der Waals surface area contributed by atoms with Gasteiger partial charge in [-0.1, -0.05) is 128 Å². The van der Waals surface area contributed by atoms with Crippen LogP contribution in [-0.2, 0) is 38.0 Å². The van der Waals surface area contributed by atoms with Crippen LogP contribution in [0.1, 0.15) is 188 Å². The molecule has 8 nitrogen and oxygen atoms in total. The van der Waals surface area contributed by atoms with E-state index in [0.717, 1.165) is 103 Å². The lowest BCUT2D eigenvalue weighted by Crippen LogP contribution is -2.22. The molecule has 0 aliphatic carbocycles. The second kappa shape index (κ2) is 33.6. The summed E-state index contributed by atoms with van der Waals surface area (Å²) in [5, 5.41) is 0. The Hall–Kier alpha value is -1.74. The van der Waals surface area contributed by atoms with Gasteiger partial charge in [-0.15, -0.1) is 0 Å². The number of unbranched alkanes of at least 4 members (excludes halogenated alkanes) is 16. The second-order valence-corrected chi connectivity index (χ2v) is 15.5. The van der Waals surface area contributed by atoms with Gasteiger partial charge in [-0.05, 0) is 71.1 Å². The Morgan fingerprint density at radius 3 is 1.49 bits per heavy atom. The number of allylic oxidation sites excluding steroid dienone is 2.